The van der Waals surface area contributed by atoms with E-state index in [2.05, 4.69) is 88.2 Å². The van der Waals surface area contributed by atoms with Crippen molar-refractivity contribution in [3.05, 3.63) is 117 Å². The molecule has 0 atom stereocenters. The van der Waals surface area contributed by atoms with Gasteiger partial charge in [-0.3, -0.25) is 9.78 Å². The molecule has 4 aromatic rings. The lowest BCUT2D eigenvalue weighted by molar-refractivity contribution is -0.121. The van der Waals surface area contributed by atoms with Crippen molar-refractivity contribution < 1.29 is 33.2 Å². The summed E-state index contributed by atoms with van der Waals surface area (Å²) in [5.41, 5.74) is 10.0. The fourth-order valence-electron chi connectivity index (χ4n) is 7.16. The first-order valence-corrected chi connectivity index (χ1v) is 19.8. The van der Waals surface area contributed by atoms with Crippen molar-refractivity contribution in [2.24, 2.45) is 0 Å². The Balaban J connectivity index is 1.43. The number of aromatic nitrogens is 1. The molecule has 3 aromatic carbocycles. The second-order valence-corrected chi connectivity index (χ2v) is 16.7. The van der Waals surface area contributed by atoms with Crippen molar-refractivity contribution in [3.63, 3.8) is 0 Å². The van der Waals surface area contributed by atoms with Crippen LogP contribution in [0.2, 0.25) is 0 Å². The van der Waals surface area contributed by atoms with Crippen molar-refractivity contribution in [1.82, 2.24) is 10.3 Å². The third kappa shape index (κ3) is 11.6. The fourth-order valence-corrected chi connectivity index (χ4v) is 7.16. The molecule has 9 heteroatoms. The Bertz CT molecular complexity index is 1810. The number of aryl methyl sites for hydroxylation is 1. The Morgan fingerprint density at radius 1 is 0.625 bits per heavy atom. The summed E-state index contributed by atoms with van der Waals surface area (Å²) in [4.78, 5) is 16.8. The highest BCUT2D eigenvalue weighted by Crippen LogP contribution is 2.37. The molecule has 0 saturated carbocycles. The molecule has 2 heterocycles. The maximum atomic E-state index is 12.5. The van der Waals surface area contributed by atoms with Crippen LogP contribution < -0.4 is 19.5 Å². The van der Waals surface area contributed by atoms with Crippen LogP contribution in [0.1, 0.15) is 123 Å². The van der Waals surface area contributed by atoms with Gasteiger partial charge in [0.2, 0.25) is 5.91 Å². The monoisotopic (exact) mass is 766 g/mol. The topological polar surface area (TPSA) is 97.4 Å². The Morgan fingerprint density at radius 2 is 1.05 bits per heavy atom. The summed E-state index contributed by atoms with van der Waals surface area (Å²) in [6, 6.07) is 18.8. The molecular formula is C47H62N2O7. The van der Waals surface area contributed by atoms with Crippen LogP contribution >= 0.6 is 0 Å². The lowest BCUT2D eigenvalue weighted by Crippen LogP contribution is -2.22. The molecule has 56 heavy (non-hydrogen) atoms. The normalized spacial score (nSPS) is 14.0. The minimum Gasteiger partial charge on any atom is -0.496 e. The molecule has 0 saturated heterocycles. The molecule has 0 radical (unpaired) electrons. The molecule has 0 unspecified atom stereocenters. The Kier molecular flexibility index (Phi) is 15.0. The van der Waals surface area contributed by atoms with E-state index in [9.17, 15) is 4.79 Å². The largest absolute Gasteiger partial charge is 0.496 e. The molecule has 0 spiro atoms. The molecule has 1 amide bonds. The SMILES string of the molecule is COc1c2cc(CCCCCC(=O)NCc3ccccn3)cc1COCc1cc(C(C)(C)C)cc(c1OC)COCc1cc(C(C)(C)C)cc(c1OC)COC2. The van der Waals surface area contributed by atoms with Gasteiger partial charge in [0.15, 0.2) is 0 Å². The highest BCUT2D eigenvalue weighted by atomic mass is 16.5. The number of hydrogen-bond donors (Lipinski definition) is 1. The molecule has 1 aliphatic rings. The van der Waals surface area contributed by atoms with E-state index in [4.69, 9.17) is 28.4 Å². The summed E-state index contributed by atoms with van der Waals surface area (Å²) in [6.07, 6.45) is 5.78. The Morgan fingerprint density at radius 3 is 1.43 bits per heavy atom. The third-order valence-electron chi connectivity index (χ3n) is 10.2. The first kappa shape index (κ1) is 42.7. The first-order valence-electron chi connectivity index (χ1n) is 19.8. The number of pyridine rings is 1. The highest BCUT2D eigenvalue weighted by molar-refractivity contribution is 5.75. The molecule has 6 bridgehead atoms. The van der Waals surface area contributed by atoms with E-state index in [1.807, 2.05) is 18.2 Å². The summed E-state index contributed by atoms with van der Waals surface area (Å²) in [5, 5.41) is 2.98. The molecule has 0 fully saturated rings. The molecular weight excluding hydrogens is 705 g/mol. The molecule has 1 aromatic heterocycles. The minimum absolute atomic E-state index is 0.0473. The minimum atomic E-state index is -0.0954. The third-order valence-corrected chi connectivity index (χ3v) is 10.2. The predicted molar refractivity (Wildman–Crippen MR) is 220 cm³/mol. The number of nitrogens with zero attached hydrogens (tertiary/aromatic N) is 1. The van der Waals surface area contributed by atoms with Crippen LogP contribution in [0.5, 0.6) is 17.2 Å². The van der Waals surface area contributed by atoms with Gasteiger partial charge in [0.1, 0.15) is 17.2 Å². The van der Waals surface area contributed by atoms with Gasteiger partial charge in [-0.05, 0) is 95.3 Å². The number of amides is 1. The number of ether oxygens (including phenoxy) is 6. The van der Waals surface area contributed by atoms with Gasteiger partial charge in [-0.1, -0.05) is 54.0 Å². The molecule has 0 aliphatic carbocycles. The van der Waals surface area contributed by atoms with Crippen LogP contribution in [-0.4, -0.2) is 32.2 Å². The van der Waals surface area contributed by atoms with Crippen molar-refractivity contribution in [2.75, 3.05) is 21.3 Å². The van der Waals surface area contributed by atoms with Gasteiger partial charge >= 0.3 is 0 Å². The predicted octanol–water partition coefficient (Wildman–Crippen LogP) is 9.59. The molecule has 302 valence electrons. The number of rotatable bonds is 11. The Labute approximate surface area is 334 Å². The fraction of sp³-hybridized carbons (Fsp3) is 0.489. The van der Waals surface area contributed by atoms with Crippen molar-refractivity contribution >= 4 is 5.91 Å². The highest BCUT2D eigenvalue weighted by Gasteiger charge is 2.23. The summed E-state index contributed by atoms with van der Waals surface area (Å²) < 4.78 is 37.6. The van der Waals surface area contributed by atoms with E-state index in [1.165, 1.54) is 16.7 Å². The summed E-state index contributed by atoms with van der Waals surface area (Å²) in [6.45, 7) is 15.9. The average Bonchev–Trinajstić information content (AvgIpc) is 3.16. The van der Waals surface area contributed by atoms with Crippen molar-refractivity contribution in [3.8, 4) is 17.2 Å². The summed E-state index contributed by atoms with van der Waals surface area (Å²) in [7, 11) is 5.12. The van der Waals surface area contributed by atoms with E-state index < -0.39 is 0 Å². The number of nitrogens with one attached hydrogen (secondary N) is 1. The first-order chi connectivity index (χ1) is 26.8. The summed E-state index contributed by atoms with van der Waals surface area (Å²) in [5.74, 6) is 2.36. The average molecular weight is 767 g/mol. The molecule has 1 aliphatic heterocycles. The van der Waals surface area contributed by atoms with E-state index in [0.717, 1.165) is 82.0 Å². The summed E-state index contributed by atoms with van der Waals surface area (Å²) >= 11 is 0. The lowest BCUT2D eigenvalue weighted by Gasteiger charge is -2.25. The second-order valence-electron chi connectivity index (χ2n) is 16.7. The van der Waals surface area contributed by atoms with E-state index in [1.54, 1.807) is 27.5 Å². The van der Waals surface area contributed by atoms with Gasteiger partial charge < -0.3 is 33.7 Å². The maximum Gasteiger partial charge on any atom is 0.220 e. The maximum absolute atomic E-state index is 12.5. The van der Waals surface area contributed by atoms with Gasteiger partial charge in [-0.2, -0.15) is 0 Å². The number of carbonyl (C=O) groups excluding carboxylic acids is 1. The van der Waals surface area contributed by atoms with Crippen molar-refractivity contribution in [1.29, 1.82) is 0 Å². The van der Waals surface area contributed by atoms with Crippen LogP contribution in [0.4, 0.5) is 0 Å². The Hall–Kier alpha value is -4.44. The van der Waals surface area contributed by atoms with Gasteiger partial charge in [-0.25, -0.2) is 0 Å². The number of unbranched alkanes of at least 4 members (excludes halogenated alkanes) is 2. The zero-order valence-electron chi connectivity index (χ0n) is 35.1. The lowest BCUT2D eigenvalue weighted by atomic mass is 9.84. The van der Waals surface area contributed by atoms with Crippen LogP contribution in [0.3, 0.4) is 0 Å². The van der Waals surface area contributed by atoms with Gasteiger partial charge in [0.05, 0.1) is 73.2 Å². The number of hydrogen-bond acceptors (Lipinski definition) is 8. The number of carbonyl (C=O) groups is 1. The van der Waals surface area contributed by atoms with E-state index in [-0.39, 0.29) is 16.7 Å². The quantitative estimate of drug-likeness (QED) is 0.151. The van der Waals surface area contributed by atoms with Crippen LogP contribution in [0.25, 0.3) is 0 Å². The molecule has 5 rings (SSSR count). The number of methoxy groups -OCH3 is 3. The standard InChI is InChI=1S/C47H62N2O7/c1-46(2,3)39-21-35-28-54-26-33-19-32(15-11-10-12-17-42(50)49-25-41-16-13-14-18-48-41)20-34(43(33)51-7)27-55-29-36-22-40(47(4,5)6)24-38(45(36)53-9)31-56-30-37(23-39)44(35)52-8/h13-14,16,18-24H,10-12,15,17,25-31H2,1-9H3,(H,49,50). The number of fused-ring (bicyclic) bond motifs is 6. The van der Waals surface area contributed by atoms with Gasteiger partial charge in [0.25, 0.3) is 0 Å². The van der Waals surface area contributed by atoms with Gasteiger partial charge in [-0.15, -0.1) is 0 Å². The van der Waals surface area contributed by atoms with E-state index in [0.29, 0.717) is 52.6 Å². The smallest absolute Gasteiger partial charge is 0.220 e. The van der Waals surface area contributed by atoms with Crippen LogP contribution in [0, 0.1) is 0 Å². The molecule has 1 N–H and O–H groups in total. The zero-order valence-corrected chi connectivity index (χ0v) is 35.1. The number of benzene rings is 3. The van der Waals surface area contributed by atoms with Crippen molar-refractivity contribution in [2.45, 2.75) is 131 Å². The van der Waals surface area contributed by atoms with E-state index >= 15 is 0 Å². The van der Waals surface area contributed by atoms with Crippen LogP contribution in [0.15, 0.2) is 60.8 Å². The van der Waals surface area contributed by atoms with Crippen LogP contribution in [-0.2, 0) is 82.4 Å². The second kappa shape index (κ2) is 19.6. The zero-order chi connectivity index (χ0) is 40.3. The van der Waals surface area contributed by atoms with Gasteiger partial charge in [0, 0.05) is 46.0 Å². The molecule has 9 nitrogen and oxygen atoms in total.